The van der Waals surface area contributed by atoms with Crippen molar-refractivity contribution in [2.45, 2.75) is 37.5 Å². The Morgan fingerprint density at radius 2 is 2.05 bits per heavy atom. The van der Waals surface area contributed by atoms with E-state index >= 15 is 0 Å². The van der Waals surface area contributed by atoms with Gasteiger partial charge in [-0.25, -0.2) is 13.6 Å². The van der Waals surface area contributed by atoms with Gasteiger partial charge in [0.15, 0.2) is 0 Å². The first kappa shape index (κ1) is 15.7. The summed E-state index contributed by atoms with van der Waals surface area (Å²) in [6.45, 7) is 6.11. The van der Waals surface area contributed by atoms with Crippen molar-refractivity contribution in [3.05, 3.63) is 36.4 Å². The number of allylic oxidation sites excluding steroid dienone is 1. The number of sulfonamides is 1. The van der Waals surface area contributed by atoms with Gasteiger partial charge in [-0.1, -0.05) is 6.08 Å². The van der Waals surface area contributed by atoms with Crippen LogP contribution in [0.25, 0.3) is 0 Å². The molecule has 0 bridgehead atoms. The minimum Gasteiger partial charge on any atom is -0.493 e. The highest BCUT2D eigenvalue weighted by atomic mass is 32.2. The summed E-state index contributed by atoms with van der Waals surface area (Å²) in [6.07, 6.45) is 6.14. The van der Waals surface area contributed by atoms with Crippen molar-refractivity contribution in [2.75, 3.05) is 6.61 Å². The minimum absolute atomic E-state index is 0.114. The van der Waals surface area contributed by atoms with Gasteiger partial charge < -0.3 is 4.74 Å². The second-order valence-electron chi connectivity index (χ2n) is 4.46. The molecule has 0 radical (unpaired) electrons. The summed E-state index contributed by atoms with van der Waals surface area (Å²) in [4.78, 5) is 0.114. The molecule has 0 heterocycles. The fourth-order valence-corrected chi connectivity index (χ4v) is 2.31. The van der Waals surface area contributed by atoms with E-state index in [-0.39, 0.29) is 4.90 Å². The van der Waals surface area contributed by atoms with Crippen LogP contribution in [0.1, 0.15) is 31.2 Å². The zero-order valence-electron chi connectivity index (χ0n) is 11.3. The van der Waals surface area contributed by atoms with Crippen molar-refractivity contribution < 1.29 is 13.2 Å². The summed E-state index contributed by atoms with van der Waals surface area (Å²) in [5, 5.41) is 5.07. The van der Waals surface area contributed by atoms with Crippen molar-refractivity contribution in [2.24, 2.45) is 5.14 Å². The van der Waals surface area contributed by atoms with Gasteiger partial charge in [-0.15, -0.1) is 6.58 Å². The molecule has 0 aliphatic carbocycles. The standard InChI is InChI=1S/C14H21NO3S/c1-3-4-5-6-7-10-18-14-9-8-13(11-12(14)2)19(15,16)17/h3,8-9,11H,1,4-7,10H2,2H3,(H2,15,16,17). The molecule has 0 saturated carbocycles. The number of hydrogen-bond donors (Lipinski definition) is 1. The van der Waals surface area contributed by atoms with Crippen LogP contribution in [-0.2, 0) is 10.0 Å². The number of primary sulfonamides is 1. The average molecular weight is 283 g/mol. The van der Waals surface area contributed by atoms with Crippen LogP contribution < -0.4 is 9.88 Å². The van der Waals surface area contributed by atoms with E-state index in [1.54, 1.807) is 6.07 Å². The summed E-state index contributed by atoms with van der Waals surface area (Å²) in [5.41, 5.74) is 0.776. The van der Waals surface area contributed by atoms with Gasteiger partial charge in [0.25, 0.3) is 0 Å². The zero-order valence-corrected chi connectivity index (χ0v) is 12.1. The molecule has 0 unspecified atom stereocenters. The predicted octanol–water partition coefficient (Wildman–Crippen LogP) is 2.77. The smallest absolute Gasteiger partial charge is 0.238 e. The molecule has 0 aliphatic rings. The van der Waals surface area contributed by atoms with Crippen LogP contribution in [0.2, 0.25) is 0 Å². The van der Waals surface area contributed by atoms with Crippen LogP contribution in [0.3, 0.4) is 0 Å². The molecule has 5 heteroatoms. The Labute approximate surface area is 115 Å². The highest BCUT2D eigenvalue weighted by molar-refractivity contribution is 7.89. The van der Waals surface area contributed by atoms with Crippen LogP contribution in [0.4, 0.5) is 0 Å². The van der Waals surface area contributed by atoms with Gasteiger partial charge in [0, 0.05) is 0 Å². The lowest BCUT2D eigenvalue weighted by Crippen LogP contribution is -2.12. The molecular formula is C14H21NO3S. The molecule has 2 N–H and O–H groups in total. The minimum atomic E-state index is -3.64. The molecule has 0 spiro atoms. The molecule has 19 heavy (non-hydrogen) atoms. The maximum absolute atomic E-state index is 11.2. The second-order valence-corrected chi connectivity index (χ2v) is 6.02. The highest BCUT2D eigenvalue weighted by Crippen LogP contribution is 2.21. The van der Waals surface area contributed by atoms with Crippen molar-refractivity contribution in [3.8, 4) is 5.75 Å². The Morgan fingerprint density at radius 3 is 2.63 bits per heavy atom. The Balaban J connectivity index is 2.49. The summed E-state index contributed by atoms with van der Waals surface area (Å²) < 4.78 is 28.0. The van der Waals surface area contributed by atoms with Gasteiger partial charge in [-0.2, -0.15) is 0 Å². The molecule has 0 amide bonds. The van der Waals surface area contributed by atoms with Crippen LogP contribution in [0, 0.1) is 6.92 Å². The Morgan fingerprint density at radius 1 is 1.32 bits per heavy atom. The van der Waals surface area contributed by atoms with E-state index < -0.39 is 10.0 Å². The van der Waals surface area contributed by atoms with Crippen LogP contribution in [-0.4, -0.2) is 15.0 Å². The summed E-state index contributed by atoms with van der Waals surface area (Å²) in [7, 11) is -3.64. The fourth-order valence-electron chi connectivity index (χ4n) is 1.71. The van der Waals surface area contributed by atoms with Gasteiger partial charge >= 0.3 is 0 Å². The third kappa shape index (κ3) is 5.44. The largest absolute Gasteiger partial charge is 0.493 e. The first-order valence-electron chi connectivity index (χ1n) is 6.32. The van der Waals surface area contributed by atoms with Gasteiger partial charge in [0.2, 0.25) is 10.0 Å². The molecule has 4 nitrogen and oxygen atoms in total. The topological polar surface area (TPSA) is 69.4 Å². The third-order valence-corrected chi connectivity index (χ3v) is 3.70. The summed E-state index contributed by atoms with van der Waals surface area (Å²) >= 11 is 0. The fraction of sp³-hybridized carbons (Fsp3) is 0.429. The lowest BCUT2D eigenvalue weighted by molar-refractivity contribution is 0.303. The van der Waals surface area contributed by atoms with Gasteiger partial charge in [0.1, 0.15) is 5.75 Å². The number of hydrogen-bond acceptors (Lipinski definition) is 3. The molecule has 0 aromatic heterocycles. The van der Waals surface area contributed by atoms with Crippen molar-refractivity contribution in [3.63, 3.8) is 0 Å². The van der Waals surface area contributed by atoms with E-state index in [0.717, 1.165) is 31.2 Å². The number of rotatable bonds is 8. The first-order chi connectivity index (χ1) is 8.95. The number of nitrogens with two attached hydrogens (primary N) is 1. The number of ether oxygens (including phenoxy) is 1. The van der Waals surface area contributed by atoms with E-state index in [0.29, 0.717) is 12.4 Å². The van der Waals surface area contributed by atoms with Crippen LogP contribution in [0.5, 0.6) is 5.75 Å². The number of benzene rings is 1. The van der Waals surface area contributed by atoms with Crippen molar-refractivity contribution >= 4 is 10.0 Å². The Hall–Kier alpha value is -1.33. The van der Waals surface area contributed by atoms with Gasteiger partial charge in [0.05, 0.1) is 11.5 Å². The van der Waals surface area contributed by atoms with Crippen LogP contribution in [0.15, 0.2) is 35.7 Å². The van der Waals surface area contributed by atoms with Crippen LogP contribution >= 0.6 is 0 Å². The van der Waals surface area contributed by atoms with Gasteiger partial charge in [-0.05, 0) is 56.4 Å². The van der Waals surface area contributed by atoms with E-state index in [1.165, 1.54) is 12.1 Å². The summed E-state index contributed by atoms with van der Waals surface area (Å²) in [6, 6.07) is 4.65. The molecule has 0 fully saturated rings. The average Bonchev–Trinajstić information content (AvgIpc) is 2.34. The number of unbranched alkanes of at least 4 members (excludes halogenated alkanes) is 3. The lowest BCUT2D eigenvalue weighted by Gasteiger charge is -2.10. The predicted molar refractivity (Wildman–Crippen MR) is 76.7 cm³/mol. The van der Waals surface area contributed by atoms with Crippen molar-refractivity contribution in [1.29, 1.82) is 0 Å². The lowest BCUT2D eigenvalue weighted by atomic mass is 10.2. The third-order valence-electron chi connectivity index (χ3n) is 2.79. The number of aryl methyl sites for hydroxylation is 1. The molecule has 1 rings (SSSR count). The molecule has 1 aromatic carbocycles. The monoisotopic (exact) mass is 283 g/mol. The van der Waals surface area contributed by atoms with E-state index in [9.17, 15) is 8.42 Å². The SMILES string of the molecule is C=CCCCCCOc1ccc(S(N)(=O)=O)cc1C. The van der Waals surface area contributed by atoms with E-state index in [4.69, 9.17) is 9.88 Å². The van der Waals surface area contributed by atoms with E-state index in [2.05, 4.69) is 6.58 Å². The molecule has 1 aromatic rings. The molecule has 106 valence electrons. The Kier molecular flexibility index (Phi) is 6.05. The van der Waals surface area contributed by atoms with Crippen molar-refractivity contribution in [1.82, 2.24) is 0 Å². The molecule has 0 saturated heterocycles. The van der Waals surface area contributed by atoms with E-state index in [1.807, 2.05) is 13.0 Å². The maximum Gasteiger partial charge on any atom is 0.238 e. The first-order valence-corrected chi connectivity index (χ1v) is 7.87. The highest BCUT2D eigenvalue weighted by Gasteiger charge is 2.09. The molecule has 0 aliphatic heterocycles. The molecular weight excluding hydrogens is 262 g/mol. The maximum atomic E-state index is 11.2. The zero-order chi connectivity index (χ0) is 14.3. The van der Waals surface area contributed by atoms with Gasteiger partial charge in [-0.3, -0.25) is 0 Å². The Bertz CT molecular complexity index is 523. The normalized spacial score (nSPS) is 11.3. The second kappa shape index (κ2) is 7.31. The summed E-state index contributed by atoms with van der Waals surface area (Å²) in [5.74, 6) is 0.705. The quantitative estimate of drug-likeness (QED) is 0.589. The molecule has 0 atom stereocenters.